The largest absolute Gasteiger partial charge is 0.386 e. The second-order valence-electron chi connectivity index (χ2n) is 6.13. The van der Waals surface area contributed by atoms with Gasteiger partial charge in [0.05, 0.1) is 5.60 Å². The summed E-state index contributed by atoms with van der Waals surface area (Å²) in [4.78, 5) is 0. The minimum absolute atomic E-state index is 0.648. The Labute approximate surface area is 99.3 Å². The number of aliphatic hydroxyl groups is 1. The van der Waals surface area contributed by atoms with Crippen LogP contribution in [0.1, 0.15) is 53.4 Å². The fourth-order valence-electron chi connectivity index (χ4n) is 3.14. The molecule has 2 aliphatic carbocycles. The topological polar surface area (TPSA) is 20.2 Å². The molecule has 90 valence electrons. The van der Waals surface area contributed by atoms with Crippen molar-refractivity contribution in [2.24, 2.45) is 11.8 Å². The molecule has 0 unspecified atom stereocenters. The van der Waals surface area contributed by atoms with Crippen LogP contribution in [0.4, 0.5) is 0 Å². The summed E-state index contributed by atoms with van der Waals surface area (Å²) >= 11 is 0. The van der Waals surface area contributed by atoms with Crippen molar-refractivity contribution in [3.8, 4) is 0 Å². The number of fused-ring (bicyclic) bond motifs is 1. The van der Waals surface area contributed by atoms with Gasteiger partial charge in [0.15, 0.2) is 0 Å². The van der Waals surface area contributed by atoms with E-state index in [1.54, 1.807) is 5.57 Å². The van der Waals surface area contributed by atoms with E-state index in [-0.39, 0.29) is 0 Å². The Hall–Kier alpha value is -0.560. The average molecular weight is 220 g/mol. The second-order valence-corrected chi connectivity index (χ2v) is 6.13. The molecule has 0 aromatic heterocycles. The molecule has 0 heterocycles. The molecule has 0 spiro atoms. The third-order valence-electron chi connectivity index (χ3n) is 4.39. The highest BCUT2D eigenvalue weighted by Gasteiger charge is 2.32. The van der Waals surface area contributed by atoms with E-state index in [9.17, 15) is 5.11 Å². The van der Waals surface area contributed by atoms with E-state index >= 15 is 0 Å². The number of allylic oxidation sites excluding steroid dienone is 3. The van der Waals surface area contributed by atoms with E-state index in [2.05, 4.69) is 19.9 Å². The van der Waals surface area contributed by atoms with Gasteiger partial charge in [-0.3, -0.25) is 0 Å². The quantitative estimate of drug-likeness (QED) is 0.712. The Morgan fingerprint density at radius 1 is 1.25 bits per heavy atom. The standard InChI is InChI=1S/C15H24O/c1-10-5-7-12(15(3,4)16)9-14-11(2)6-8-13(10)14/h9-10,13,16H,5-8H2,1-4H3/t10-,13+/m1/s1. The average Bonchev–Trinajstić information content (AvgIpc) is 2.42. The monoisotopic (exact) mass is 220 g/mol. The molecule has 1 heteroatoms. The van der Waals surface area contributed by atoms with E-state index < -0.39 is 5.60 Å². The van der Waals surface area contributed by atoms with E-state index in [0.717, 1.165) is 18.3 Å². The highest BCUT2D eigenvalue weighted by atomic mass is 16.3. The molecule has 0 radical (unpaired) electrons. The maximum absolute atomic E-state index is 10.2. The van der Waals surface area contributed by atoms with Crippen LogP contribution in [-0.2, 0) is 0 Å². The predicted molar refractivity (Wildman–Crippen MR) is 68.2 cm³/mol. The molecule has 0 fully saturated rings. The van der Waals surface area contributed by atoms with Gasteiger partial charge >= 0.3 is 0 Å². The minimum atomic E-state index is -0.648. The summed E-state index contributed by atoms with van der Waals surface area (Å²) in [7, 11) is 0. The van der Waals surface area contributed by atoms with Gasteiger partial charge in [-0.25, -0.2) is 0 Å². The van der Waals surface area contributed by atoms with Gasteiger partial charge < -0.3 is 5.11 Å². The Balaban J connectivity index is 2.38. The summed E-state index contributed by atoms with van der Waals surface area (Å²) in [6.07, 6.45) is 7.14. The molecule has 2 rings (SSSR count). The summed E-state index contributed by atoms with van der Waals surface area (Å²) < 4.78 is 0. The van der Waals surface area contributed by atoms with Crippen LogP contribution in [0, 0.1) is 11.8 Å². The van der Waals surface area contributed by atoms with Crippen molar-refractivity contribution in [1.29, 1.82) is 0 Å². The van der Waals surface area contributed by atoms with E-state index in [0.29, 0.717) is 0 Å². The van der Waals surface area contributed by atoms with Crippen LogP contribution in [0.5, 0.6) is 0 Å². The van der Waals surface area contributed by atoms with Crippen molar-refractivity contribution in [3.05, 3.63) is 22.8 Å². The molecule has 0 amide bonds. The first kappa shape index (κ1) is 11.9. The van der Waals surface area contributed by atoms with Gasteiger partial charge in [0.25, 0.3) is 0 Å². The lowest BCUT2D eigenvalue weighted by Gasteiger charge is -2.21. The Bertz CT molecular complexity index is 341. The second kappa shape index (κ2) is 4.03. The maximum Gasteiger partial charge on any atom is 0.0803 e. The first-order valence-corrected chi connectivity index (χ1v) is 6.52. The summed E-state index contributed by atoms with van der Waals surface area (Å²) in [5, 5.41) is 10.2. The smallest absolute Gasteiger partial charge is 0.0803 e. The van der Waals surface area contributed by atoms with Crippen LogP contribution in [-0.4, -0.2) is 10.7 Å². The van der Waals surface area contributed by atoms with Gasteiger partial charge in [-0.05, 0) is 69.4 Å². The van der Waals surface area contributed by atoms with E-state index in [1.807, 2.05) is 13.8 Å². The fourth-order valence-corrected chi connectivity index (χ4v) is 3.14. The van der Waals surface area contributed by atoms with Crippen molar-refractivity contribution in [2.75, 3.05) is 0 Å². The Morgan fingerprint density at radius 2 is 1.94 bits per heavy atom. The third kappa shape index (κ3) is 2.10. The van der Waals surface area contributed by atoms with Crippen molar-refractivity contribution in [3.63, 3.8) is 0 Å². The molecular weight excluding hydrogens is 196 g/mol. The van der Waals surface area contributed by atoms with Crippen LogP contribution in [0.2, 0.25) is 0 Å². The van der Waals surface area contributed by atoms with Gasteiger partial charge in [0.2, 0.25) is 0 Å². The molecule has 0 aromatic carbocycles. The number of hydrogen-bond donors (Lipinski definition) is 1. The third-order valence-corrected chi connectivity index (χ3v) is 4.39. The van der Waals surface area contributed by atoms with Crippen molar-refractivity contribution >= 4 is 0 Å². The molecule has 0 saturated carbocycles. The lowest BCUT2D eigenvalue weighted by molar-refractivity contribution is 0.115. The van der Waals surface area contributed by atoms with Gasteiger partial charge in [-0.1, -0.05) is 18.6 Å². The molecule has 2 atom stereocenters. The minimum Gasteiger partial charge on any atom is -0.386 e. The van der Waals surface area contributed by atoms with Gasteiger partial charge in [0.1, 0.15) is 0 Å². The zero-order valence-corrected chi connectivity index (χ0v) is 11.0. The first-order chi connectivity index (χ1) is 7.39. The summed E-state index contributed by atoms with van der Waals surface area (Å²) in [5.74, 6) is 1.52. The molecule has 0 aromatic rings. The van der Waals surface area contributed by atoms with Crippen molar-refractivity contribution in [1.82, 2.24) is 0 Å². The van der Waals surface area contributed by atoms with Crippen LogP contribution in [0.15, 0.2) is 22.8 Å². The lowest BCUT2D eigenvalue weighted by atomic mass is 9.87. The fraction of sp³-hybridized carbons (Fsp3) is 0.733. The number of rotatable bonds is 1. The normalized spacial score (nSPS) is 31.2. The molecule has 2 aliphatic rings. The van der Waals surface area contributed by atoms with Crippen molar-refractivity contribution in [2.45, 2.75) is 59.0 Å². The summed E-state index contributed by atoms with van der Waals surface area (Å²) in [6.45, 7) is 8.44. The molecule has 0 aliphatic heterocycles. The lowest BCUT2D eigenvalue weighted by Crippen LogP contribution is -2.21. The molecule has 0 bridgehead atoms. The predicted octanol–water partition coefficient (Wildman–Crippen LogP) is 3.84. The highest BCUT2D eigenvalue weighted by molar-refractivity contribution is 5.38. The molecule has 16 heavy (non-hydrogen) atoms. The van der Waals surface area contributed by atoms with Gasteiger partial charge in [-0.2, -0.15) is 0 Å². The van der Waals surface area contributed by atoms with Crippen molar-refractivity contribution < 1.29 is 5.11 Å². The van der Waals surface area contributed by atoms with Crippen LogP contribution >= 0.6 is 0 Å². The maximum atomic E-state index is 10.2. The van der Waals surface area contributed by atoms with Gasteiger partial charge in [-0.15, -0.1) is 0 Å². The highest BCUT2D eigenvalue weighted by Crippen LogP contribution is 2.43. The Kier molecular flexibility index (Phi) is 3.00. The number of hydrogen-bond acceptors (Lipinski definition) is 1. The summed E-state index contributed by atoms with van der Waals surface area (Å²) in [6, 6.07) is 0. The van der Waals surface area contributed by atoms with E-state index in [4.69, 9.17) is 0 Å². The zero-order chi connectivity index (χ0) is 11.9. The first-order valence-electron chi connectivity index (χ1n) is 6.52. The molecule has 0 saturated heterocycles. The SMILES string of the molecule is CC1=C2C=C(C(C)(C)O)CC[C@@H](C)[C@@H]2CC1. The van der Waals surface area contributed by atoms with Crippen LogP contribution in [0.25, 0.3) is 0 Å². The van der Waals surface area contributed by atoms with Crippen LogP contribution in [0.3, 0.4) is 0 Å². The Morgan fingerprint density at radius 3 is 2.56 bits per heavy atom. The zero-order valence-electron chi connectivity index (χ0n) is 11.0. The van der Waals surface area contributed by atoms with Crippen LogP contribution < -0.4 is 0 Å². The van der Waals surface area contributed by atoms with Gasteiger partial charge in [0, 0.05) is 0 Å². The summed E-state index contributed by atoms with van der Waals surface area (Å²) in [5.41, 5.74) is 3.64. The molecular formula is C15H24O. The molecule has 1 N–H and O–H groups in total. The molecule has 1 nitrogen and oxygen atoms in total. The van der Waals surface area contributed by atoms with E-state index in [1.165, 1.54) is 30.4 Å².